The van der Waals surface area contributed by atoms with E-state index in [0.717, 1.165) is 23.4 Å². The van der Waals surface area contributed by atoms with Crippen LogP contribution >= 0.6 is 0 Å². The highest BCUT2D eigenvalue weighted by Crippen LogP contribution is 2.30. The van der Waals surface area contributed by atoms with Crippen molar-refractivity contribution in [3.05, 3.63) is 102 Å². The molecule has 118 valence electrons. The average molecular weight is 313 g/mol. The van der Waals surface area contributed by atoms with Gasteiger partial charge in [0.05, 0.1) is 12.3 Å². The summed E-state index contributed by atoms with van der Waals surface area (Å²) >= 11 is 0. The third-order valence-corrected chi connectivity index (χ3v) is 4.31. The number of benzene rings is 3. The van der Waals surface area contributed by atoms with Gasteiger partial charge < -0.3 is 4.74 Å². The van der Waals surface area contributed by atoms with Crippen molar-refractivity contribution in [2.24, 2.45) is 4.99 Å². The maximum Gasteiger partial charge on any atom is 0.128 e. The van der Waals surface area contributed by atoms with Gasteiger partial charge in [-0.25, -0.2) is 0 Å². The van der Waals surface area contributed by atoms with Crippen LogP contribution < -0.4 is 4.74 Å². The van der Waals surface area contributed by atoms with Gasteiger partial charge in [0.2, 0.25) is 0 Å². The Kier molecular flexibility index (Phi) is 4.11. The zero-order chi connectivity index (χ0) is 16.2. The highest BCUT2D eigenvalue weighted by atomic mass is 16.5. The molecule has 1 heterocycles. The van der Waals surface area contributed by atoms with Gasteiger partial charge in [-0.05, 0) is 23.3 Å². The molecule has 2 nitrogen and oxygen atoms in total. The largest absolute Gasteiger partial charge is 0.492 e. The summed E-state index contributed by atoms with van der Waals surface area (Å²) in [5, 5.41) is 0. The van der Waals surface area contributed by atoms with Crippen molar-refractivity contribution in [2.75, 3.05) is 6.61 Å². The van der Waals surface area contributed by atoms with Crippen LogP contribution in [0.5, 0.6) is 5.75 Å². The van der Waals surface area contributed by atoms with E-state index in [2.05, 4.69) is 54.6 Å². The van der Waals surface area contributed by atoms with E-state index in [1.165, 1.54) is 11.1 Å². The van der Waals surface area contributed by atoms with Crippen molar-refractivity contribution in [1.82, 2.24) is 0 Å². The van der Waals surface area contributed by atoms with Gasteiger partial charge in [0.1, 0.15) is 11.8 Å². The van der Waals surface area contributed by atoms with Crippen molar-refractivity contribution in [2.45, 2.75) is 12.5 Å². The fraction of sp³-hybridized carbons (Fsp3) is 0.136. The van der Waals surface area contributed by atoms with Crippen LogP contribution in [0, 0.1) is 0 Å². The number of para-hydroxylation sites is 1. The van der Waals surface area contributed by atoms with Crippen LogP contribution in [0.1, 0.15) is 29.2 Å². The van der Waals surface area contributed by atoms with Crippen molar-refractivity contribution in [3.63, 3.8) is 0 Å². The summed E-state index contributed by atoms with van der Waals surface area (Å²) in [6.07, 6.45) is 0.840. The van der Waals surface area contributed by atoms with Crippen LogP contribution in [0.2, 0.25) is 0 Å². The number of rotatable bonds is 3. The van der Waals surface area contributed by atoms with E-state index < -0.39 is 0 Å². The van der Waals surface area contributed by atoms with Gasteiger partial charge in [-0.15, -0.1) is 0 Å². The summed E-state index contributed by atoms with van der Waals surface area (Å²) in [7, 11) is 0. The van der Waals surface area contributed by atoms with E-state index in [1.807, 2.05) is 30.3 Å². The lowest BCUT2D eigenvalue weighted by atomic mass is 9.97. The lowest BCUT2D eigenvalue weighted by molar-refractivity contribution is 0.320. The van der Waals surface area contributed by atoms with E-state index in [-0.39, 0.29) is 6.04 Å². The second kappa shape index (κ2) is 6.71. The van der Waals surface area contributed by atoms with Gasteiger partial charge in [-0.1, -0.05) is 72.8 Å². The molecule has 1 aliphatic heterocycles. The third-order valence-electron chi connectivity index (χ3n) is 4.31. The van der Waals surface area contributed by atoms with E-state index in [4.69, 9.17) is 9.73 Å². The monoisotopic (exact) mass is 313 g/mol. The summed E-state index contributed by atoms with van der Waals surface area (Å²) in [6, 6.07) is 29.1. The van der Waals surface area contributed by atoms with Crippen LogP contribution in [0.4, 0.5) is 0 Å². The Morgan fingerprint density at radius 3 is 1.96 bits per heavy atom. The van der Waals surface area contributed by atoms with Crippen molar-refractivity contribution in [3.8, 4) is 5.75 Å². The molecule has 0 saturated carbocycles. The molecule has 4 rings (SSSR count). The molecular weight excluding hydrogens is 294 g/mol. The highest BCUT2D eigenvalue weighted by molar-refractivity contribution is 6.04. The van der Waals surface area contributed by atoms with Crippen LogP contribution in [0.3, 0.4) is 0 Å². The second-order valence-electron chi connectivity index (χ2n) is 5.89. The molecule has 0 aliphatic carbocycles. The van der Waals surface area contributed by atoms with E-state index >= 15 is 0 Å². The van der Waals surface area contributed by atoms with Crippen LogP contribution in [-0.2, 0) is 0 Å². The van der Waals surface area contributed by atoms with Gasteiger partial charge in [0.15, 0.2) is 0 Å². The number of nitrogens with zero attached hydrogens (tertiary/aromatic N) is 1. The molecule has 0 amide bonds. The van der Waals surface area contributed by atoms with Crippen LogP contribution in [0.25, 0.3) is 0 Å². The first-order valence-corrected chi connectivity index (χ1v) is 8.30. The van der Waals surface area contributed by atoms with Gasteiger partial charge in [-0.3, -0.25) is 4.99 Å². The van der Waals surface area contributed by atoms with Gasteiger partial charge in [-0.2, -0.15) is 0 Å². The number of fused-ring (bicyclic) bond motifs is 1. The van der Waals surface area contributed by atoms with Crippen molar-refractivity contribution in [1.29, 1.82) is 0 Å². The molecule has 0 fully saturated rings. The normalized spacial score (nSPS) is 15.1. The molecule has 0 aromatic heterocycles. The maximum absolute atomic E-state index is 5.77. The fourth-order valence-corrected chi connectivity index (χ4v) is 3.13. The minimum absolute atomic E-state index is 0.00792. The Balaban J connectivity index is 1.81. The minimum Gasteiger partial charge on any atom is -0.492 e. The lowest BCUT2D eigenvalue weighted by Crippen LogP contribution is -2.17. The standard InChI is InChI=1S/C22H19NO/c1-3-9-17(10-4-1)22(18-11-5-2-6-12-18)23-20-15-16-24-21-14-8-7-13-19(20)21/h1-14,22H,15-16H2. The minimum atomic E-state index is 0.00792. The Morgan fingerprint density at radius 2 is 1.29 bits per heavy atom. The topological polar surface area (TPSA) is 21.6 Å². The molecule has 3 aromatic carbocycles. The van der Waals surface area contributed by atoms with Crippen LogP contribution in [-0.4, -0.2) is 12.3 Å². The first-order valence-electron chi connectivity index (χ1n) is 8.30. The molecule has 0 saturated heterocycles. The molecule has 0 unspecified atom stereocenters. The SMILES string of the molecule is c1ccc(C(N=C2CCOc3ccccc32)c2ccccc2)cc1. The predicted octanol–water partition coefficient (Wildman–Crippen LogP) is 5.05. The predicted molar refractivity (Wildman–Crippen MR) is 97.8 cm³/mol. The number of hydrogen-bond acceptors (Lipinski definition) is 2. The smallest absolute Gasteiger partial charge is 0.128 e. The lowest BCUT2D eigenvalue weighted by Gasteiger charge is -2.22. The fourth-order valence-electron chi connectivity index (χ4n) is 3.13. The van der Waals surface area contributed by atoms with Gasteiger partial charge >= 0.3 is 0 Å². The number of hydrogen-bond donors (Lipinski definition) is 0. The average Bonchev–Trinajstić information content (AvgIpc) is 2.67. The van der Waals surface area contributed by atoms with E-state index in [9.17, 15) is 0 Å². The zero-order valence-corrected chi connectivity index (χ0v) is 13.4. The maximum atomic E-state index is 5.77. The Bertz CT molecular complexity index is 801. The molecule has 0 bridgehead atoms. The first-order chi connectivity index (χ1) is 11.9. The van der Waals surface area contributed by atoms with Crippen molar-refractivity contribution >= 4 is 5.71 Å². The Morgan fingerprint density at radius 1 is 0.708 bits per heavy atom. The molecule has 0 spiro atoms. The van der Waals surface area contributed by atoms with Gasteiger partial charge in [0, 0.05) is 12.0 Å². The number of aliphatic imine (C=N–C) groups is 1. The molecule has 24 heavy (non-hydrogen) atoms. The highest BCUT2D eigenvalue weighted by Gasteiger charge is 2.19. The molecule has 0 atom stereocenters. The summed E-state index contributed by atoms with van der Waals surface area (Å²) in [4.78, 5) is 5.15. The summed E-state index contributed by atoms with van der Waals surface area (Å²) in [6.45, 7) is 0.687. The molecule has 2 heteroatoms. The molecule has 3 aromatic rings. The van der Waals surface area contributed by atoms with E-state index in [1.54, 1.807) is 0 Å². The zero-order valence-electron chi connectivity index (χ0n) is 13.4. The molecule has 1 aliphatic rings. The summed E-state index contributed by atoms with van der Waals surface area (Å²) in [5.74, 6) is 0.933. The molecule has 0 N–H and O–H groups in total. The summed E-state index contributed by atoms with van der Waals surface area (Å²) in [5.41, 5.74) is 4.65. The van der Waals surface area contributed by atoms with Gasteiger partial charge in [0.25, 0.3) is 0 Å². The number of ether oxygens (including phenoxy) is 1. The third kappa shape index (κ3) is 2.95. The van der Waals surface area contributed by atoms with Crippen LogP contribution in [0.15, 0.2) is 89.9 Å². The molecular formula is C22H19NO. The first kappa shape index (κ1) is 14.7. The Labute approximate surface area is 142 Å². The quantitative estimate of drug-likeness (QED) is 0.663. The van der Waals surface area contributed by atoms with E-state index in [0.29, 0.717) is 6.61 Å². The summed E-state index contributed by atoms with van der Waals surface area (Å²) < 4.78 is 5.77. The molecule has 0 radical (unpaired) electrons. The van der Waals surface area contributed by atoms with Crippen molar-refractivity contribution < 1.29 is 4.74 Å². The second-order valence-corrected chi connectivity index (χ2v) is 5.89. The Hall–Kier alpha value is -2.87.